The number of hydrogen-bond acceptors (Lipinski definition) is 5. The summed E-state index contributed by atoms with van der Waals surface area (Å²) in [5, 5.41) is 14.0. The van der Waals surface area contributed by atoms with Crippen molar-refractivity contribution >= 4 is 27.4 Å². The number of fused-ring (bicyclic) bond motifs is 2. The molecule has 2 aromatic carbocycles. The van der Waals surface area contributed by atoms with Gasteiger partial charge in [-0.15, -0.1) is 0 Å². The van der Waals surface area contributed by atoms with Gasteiger partial charge in [-0.05, 0) is 17.7 Å². The second-order valence-electron chi connectivity index (χ2n) is 8.02. The molecule has 0 saturated carbocycles. The number of benzene rings is 2. The number of nitrogens with zero attached hydrogens (tertiary/aromatic N) is 4. The van der Waals surface area contributed by atoms with Crippen LogP contribution in [-0.4, -0.2) is 30.9 Å². The zero-order valence-corrected chi connectivity index (χ0v) is 18.1. The first-order valence-electron chi connectivity index (χ1n) is 9.64. The number of rotatable bonds is 3. The number of aromatic amines is 1. The van der Waals surface area contributed by atoms with Gasteiger partial charge < -0.3 is 10.0 Å². The van der Waals surface area contributed by atoms with Crippen LogP contribution in [0.1, 0.15) is 25.1 Å². The zero-order valence-electron chi connectivity index (χ0n) is 16.5. The molecule has 0 aliphatic carbocycles. The van der Waals surface area contributed by atoms with E-state index in [0.717, 1.165) is 21.3 Å². The molecule has 1 aliphatic heterocycles. The Morgan fingerprint density at radius 2 is 1.90 bits per heavy atom. The van der Waals surface area contributed by atoms with E-state index in [2.05, 4.69) is 31.0 Å². The van der Waals surface area contributed by atoms with E-state index in [0.29, 0.717) is 23.8 Å². The van der Waals surface area contributed by atoms with Crippen LogP contribution in [-0.2, 0) is 12.0 Å². The maximum atomic E-state index is 12.7. The van der Waals surface area contributed by atoms with Crippen LogP contribution in [0.4, 0.5) is 5.69 Å². The number of nitrogens with one attached hydrogen (secondary N) is 1. The van der Waals surface area contributed by atoms with Gasteiger partial charge in [0, 0.05) is 27.2 Å². The van der Waals surface area contributed by atoms with Gasteiger partial charge >= 0.3 is 0 Å². The molecule has 5 rings (SSSR count). The molecule has 0 bridgehead atoms. The second kappa shape index (κ2) is 6.78. The molecular formula is C22H20BrN5O2. The molecule has 1 unspecified atom stereocenters. The van der Waals surface area contributed by atoms with Crippen LogP contribution in [0.25, 0.3) is 17.2 Å². The first-order chi connectivity index (χ1) is 14.4. The molecular weight excluding hydrogens is 446 g/mol. The Kier molecular flexibility index (Phi) is 4.30. The quantitative estimate of drug-likeness (QED) is 0.483. The van der Waals surface area contributed by atoms with Gasteiger partial charge in [0.15, 0.2) is 5.82 Å². The van der Waals surface area contributed by atoms with Crippen LogP contribution < -0.4 is 10.5 Å². The van der Waals surface area contributed by atoms with Gasteiger partial charge in [0.25, 0.3) is 11.3 Å². The summed E-state index contributed by atoms with van der Waals surface area (Å²) in [6.45, 7) is 4.31. The summed E-state index contributed by atoms with van der Waals surface area (Å²) < 4.78 is 2.29. The van der Waals surface area contributed by atoms with Crippen molar-refractivity contribution in [1.29, 1.82) is 0 Å². The van der Waals surface area contributed by atoms with E-state index in [1.54, 1.807) is 0 Å². The Balaban J connectivity index is 1.55. The number of H-pyrrole nitrogens is 1. The molecule has 7 nitrogen and oxygen atoms in total. The Morgan fingerprint density at radius 1 is 1.13 bits per heavy atom. The number of anilines is 1. The molecule has 30 heavy (non-hydrogen) atoms. The highest BCUT2D eigenvalue weighted by Crippen LogP contribution is 2.47. The summed E-state index contributed by atoms with van der Waals surface area (Å²) in [6.07, 6.45) is -0.745. The summed E-state index contributed by atoms with van der Waals surface area (Å²) >= 11 is 3.61. The van der Waals surface area contributed by atoms with Crippen molar-refractivity contribution < 1.29 is 5.11 Å². The lowest BCUT2D eigenvalue weighted by molar-refractivity contribution is 0.107. The minimum absolute atomic E-state index is 0.243. The van der Waals surface area contributed by atoms with Crippen LogP contribution in [0.15, 0.2) is 63.9 Å². The van der Waals surface area contributed by atoms with Crippen LogP contribution in [0.5, 0.6) is 0 Å². The van der Waals surface area contributed by atoms with Crippen LogP contribution in [0.3, 0.4) is 0 Å². The number of halogens is 1. The molecule has 0 saturated heterocycles. The molecule has 152 valence electrons. The van der Waals surface area contributed by atoms with Crippen molar-refractivity contribution in [3.8, 4) is 11.4 Å². The molecule has 4 aromatic rings. The molecule has 0 radical (unpaired) electrons. The average Bonchev–Trinajstić information content (AvgIpc) is 3.23. The van der Waals surface area contributed by atoms with Crippen molar-refractivity contribution in [3.63, 3.8) is 0 Å². The lowest BCUT2D eigenvalue weighted by Crippen LogP contribution is -2.41. The van der Waals surface area contributed by atoms with Crippen molar-refractivity contribution in [3.05, 3.63) is 80.7 Å². The predicted octanol–water partition coefficient (Wildman–Crippen LogP) is 3.46. The number of aromatic nitrogens is 4. The van der Waals surface area contributed by atoms with E-state index < -0.39 is 11.6 Å². The third kappa shape index (κ3) is 2.86. The zero-order chi connectivity index (χ0) is 21.0. The fourth-order valence-electron chi connectivity index (χ4n) is 4.12. The summed E-state index contributed by atoms with van der Waals surface area (Å²) in [6, 6.07) is 17.0. The molecule has 2 N–H and O–H groups in total. The molecule has 8 heteroatoms. The second-order valence-corrected chi connectivity index (χ2v) is 8.87. The van der Waals surface area contributed by atoms with E-state index in [1.165, 1.54) is 10.6 Å². The van der Waals surface area contributed by atoms with Gasteiger partial charge in [0.1, 0.15) is 6.23 Å². The van der Waals surface area contributed by atoms with Crippen LogP contribution >= 0.6 is 15.9 Å². The highest BCUT2D eigenvalue weighted by molar-refractivity contribution is 9.10. The van der Waals surface area contributed by atoms with Gasteiger partial charge in [0.2, 0.25) is 0 Å². The highest BCUT2D eigenvalue weighted by Gasteiger charge is 2.45. The average molecular weight is 466 g/mol. The smallest absolute Gasteiger partial charge is 0.274 e. The lowest BCUT2D eigenvalue weighted by atomic mass is 9.85. The molecule has 1 atom stereocenters. The first-order valence-corrected chi connectivity index (χ1v) is 10.4. The lowest BCUT2D eigenvalue weighted by Gasteiger charge is -2.29. The predicted molar refractivity (Wildman–Crippen MR) is 118 cm³/mol. The monoisotopic (exact) mass is 465 g/mol. The number of aliphatic hydroxyl groups excluding tert-OH is 1. The Bertz CT molecular complexity index is 1310. The van der Waals surface area contributed by atoms with Crippen molar-refractivity contribution in [2.75, 3.05) is 4.90 Å². The number of aliphatic hydroxyl groups is 1. The van der Waals surface area contributed by atoms with Gasteiger partial charge in [-0.25, -0.2) is 4.98 Å². The van der Waals surface area contributed by atoms with E-state index in [9.17, 15) is 9.90 Å². The Labute approximate surface area is 181 Å². The molecule has 0 amide bonds. The third-order valence-electron chi connectivity index (χ3n) is 5.65. The standard InChI is InChI=1S/C22H20BrN5O2/c1-22(2)18-15(23)9-6-10-16(18)27(20(22)30)12-14-11-17(29)28-21(24-14)25-19(26-28)13-7-4-3-5-8-13/h3-11,20,30H,12H2,1-2H3,(H,24,25,26). The van der Waals surface area contributed by atoms with E-state index in [4.69, 9.17) is 0 Å². The van der Waals surface area contributed by atoms with Gasteiger partial charge in [-0.2, -0.15) is 9.50 Å². The normalized spacial score (nSPS) is 17.5. The molecule has 1 aliphatic rings. The summed E-state index contributed by atoms with van der Waals surface area (Å²) in [5.41, 5.74) is 2.68. The topological polar surface area (TPSA) is 86.5 Å². The van der Waals surface area contributed by atoms with E-state index >= 15 is 0 Å². The van der Waals surface area contributed by atoms with Gasteiger partial charge in [-0.3, -0.25) is 9.89 Å². The molecule has 0 spiro atoms. The minimum Gasteiger partial charge on any atom is -0.373 e. The maximum Gasteiger partial charge on any atom is 0.274 e. The molecule has 3 heterocycles. The summed E-state index contributed by atoms with van der Waals surface area (Å²) in [7, 11) is 0. The highest BCUT2D eigenvalue weighted by atomic mass is 79.9. The third-order valence-corrected chi connectivity index (χ3v) is 6.31. The van der Waals surface area contributed by atoms with Crippen LogP contribution in [0, 0.1) is 0 Å². The fraction of sp³-hybridized carbons (Fsp3) is 0.227. The van der Waals surface area contributed by atoms with Gasteiger partial charge in [0.05, 0.1) is 12.2 Å². The Morgan fingerprint density at radius 3 is 2.67 bits per heavy atom. The van der Waals surface area contributed by atoms with Crippen molar-refractivity contribution in [2.24, 2.45) is 0 Å². The van der Waals surface area contributed by atoms with Crippen LogP contribution in [0.2, 0.25) is 0 Å². The summed E-state index contributed by atoms with van der Waals surface area (Å²) in [4.78, 5) is 23.6. The molecule has 0 fully saturated rings. The molecule has 2 aromatic heterocycles. The first kappa shape index (κ1) is 19.0. The van der Waals surface area contributed by atoms with Crippen molar-refractivity contribution in [1.82, 2.24) is 19.6 Å². The van der Waals surface area contributed by atoms with Gasteiger partial charge in [-0.1, -0.05) is 66.2 Å². The van der Waals surface area contributed by atoms with Crippen molar-refractivity contribution in [2.45, 2.75) is 32.0 Å². The Hall–Kier alpha value is -2.97. The SMILES string of the molecule is CC1(C)c2c(Br)cccc2N(Cc2cc(=O)n3[nH]c(-c4ccccc4)nc3n2)C1O. The number of hydrogen-bond donors (Lipinski definition) is 2. The van der Waals surface area contributed by atoms with E-state index in [-0.39, 0.29) is 5.56 Å². The van der Waals surface area contributed by atoms with E-state index in [1.807, 2.05) is 67.3 Å². The summed E-state index contributed by atoms with van der Waals surface area (Å²) in [5.74, 6) is 0.882. The largest absolute Gasteiger partial charge is 0.373 e. The minimum atomic E-state index is -0.745. The fourth-order valence-corrected chi connectivity index (χ4v) is 4.99. The maximum absolute atomic E-state index is 12.7.